The van der Waals surface area contributed by atoms with Gasteiger partial charge in [-0.25, -0.2) is 0 Å². The van der Waals surface area contributed by atoms with E-state index in [0.717, 1.165) is 38.6 Å². The van der Waals surface area contributed by atoms with Gasteiger partial charge in [0.1, 0.15) is 0 Å². The fourth-order valence-corrected chi connectivity index (χ4v) is 10.7. The van der Waals surface area contributed by atoms with E-state index in [1.165, 1.54) is 52.3 Å². The summed E-state index contributed by atoms with van der Waals surface area (Å²) in [5, 5.41) is 7.29. The Balaban J connectivity index is 1.11. The number of fused-ring (bicyclic) bond motifs is 7. The van der Waals surface area contributed by atoms with Gasteiger partial charge < -0.3 is 0 Å². The van der Waals surface area contributed by atoms with E-state index < -0.39 is 0 Å². The Labute approximate surface area is 316 Å². The van der Waals surface area contributed by atoms with Crippen molar-refractivity contribution in [3.8, 4) is 56.4 Å². The van der Waals surface area contributed by atoms with E-state index in [-0.39, 0.29) is 14.5 Å². The molecule has 3 aromatic heterocycles. The molecule has 0 bridgehead atoms. The molecule has 0 spiro atoms. The number of nitrogens with zero attached hydrogens (tertiary/aromatic N) is 3. The molecular weight excluding hydrogens is 726 g/mol. The first-order chi connectivity index (χ1) is 26.8. The molecule has 0 saturated heterocycles. The van der Waals surface area contributed by atoms with Crippen LogP contribution in [-0.2, 0) is 0 Å². The average molecular weight is 755 g/mol. The molecule has 0 N–H and O–H groups in total. The van der Waals surface area contributed by atoms with Gasteiger partial charge in [-0.1, -0.05) is 0 Å². The van der Waals surface area contributed by atoms with E-state index in [4.69, 9.17) is 19.4 Å². The standard InChI is InChI=1S/C49H29N3OSe/c1-3-14-30(15-4-1)47-50-48(31-16-5-2-6-17-31)52-49(51-47)41-27-12-26-39-38-25-11-24-37(45(38)54-46(39)41)35-22-10-19-32-33(35)20-9-21-34(32)36-23-13-29-43-44(36)40-18-7-8-28-42(40)53-43/h1-29H. The van der Waals surface area contributed by atoms with Gasteiger partial charge in [0.15, 0.2) is 0 Å². The van der Waals surface area contributed by atoms with Gasteiger partial charge in [0, 0.05) is 0 Å². The van der Waals surface area contributed by atoms with Crippen molar-refractivity contribution in [1.29, 1.82) is 0 Å². The minimum absolute atomic E-state index is 0.00534. The molecule has 252 valence electrons. The first kappa shape index (κ1) is 30.9. The van der Waals surface area contributed by atoms with Crippen LogP contribution < -0.4 is 0 Å². The summed E-state index contributed by atoms with van der Waals surface area (Å²) in [6.07, 6.45) is 0. The molecule has 4 nitrogen and oxygen atoms in total. The third-order valence-corrected chi connectivity index (χ3v) is 13.1. The van der Waals surface area contributed by atoms with Crippen LogP contribution in [0.5, 0.6) is 0 Å². The van der Waals surface area contributed by atoms with E-state index >= 15 is 0 Å². The van der Waals surface area contributed by atoms with Gasteiger partial charge in [-0.05, 0) is 0 Å². The first-order valence-electron chi connectivity index (χ1n) is 18.0. The van der Waals surface area contributed by atoms with E-state index in [9.17, 15) is 0 Å². The van der Waals surface area contributed by atoms with Gasteiger partial charge in [-0.3, -0.25) is 0 Å². The van der Waals surface area contributed by atoms with Gasteiger partial charge in [-0.2, -0.15) is 0 Å². The van der Waals surface area contributed by atoms with Crippen LogP contribution in [0.4, 0.5) is 0 Å². The maximum absolute atomic E-state index is 6.29. The summed E-state index contributed by atoms with van der Waals surface area (Å²) in [5.41, 5.74) is 9.71. The van der Waals surface area contributed by atoms with Crippen LogP contribution in [0.25, 0.3) is 108 Å². The zero-order chi connectivity index (χ0) is 35.6. The van der Waals surface area contributed by atoms with Crippen molar-refractivity contribution >= 4 is 66.5 Å². The second-order valence-electron chi connectivity index (χ2n) is 13.5. The minimum atomic E-state index is 0.00534. The number of hydrogen-bond donors (Lipinski definition) is 0. The van der Waals surface area contributed by atoms with Crippen LogP contribution in [0.1, 0.15) is 0 Å². The summed E-state index contributed by atoms with van der Waals surface area (Å²) in [4.78, 5) is 15.2. The summed E-state index contributed by atoms with van der Waals surface area (Å²) in [5.74, 6) is 2.05. The summed E-state index contributed by atoms with van der Waals surface area (Å²) in [6.45, 7) is 0. The molecule has 5 heteroatoms. The molecule has 0 atom stereocenters. The van der Waals surface area contributed by atoms with E-state index in [1.54, 1.807) is 0 Å². The van der Waals surface area contributed by atoms with Crippen LogP contribution in [0.2, 0.25) is 0 Å². The molecule has 0 saturated carbocycles. The Morgan fingerprint density at radius 1 is 0.315 bits per heavy atom. The number of hydrogen-bond acceptors (Lipinski definition) is 4. The third-order valence-electron chi connectivity index (χ3n) is 10.4. The van der Waals surface area contributed by atoms with Gasteiger partial charge in [-0.15, -0.1) is 0 Å². The van der Waals surface area contributed by atoms with Crippen molar-refractivity contribution in [2.45, 2.75) is 0 Å². The van der Waals surface area contributed by atoms with E-state index in [1.807, 2.05) is 48.5 Å². The summed E-state index contributed by atoms with van der Waals surface area (Å²) >= 11 is 0.00534. The predicted octanol–water partition coefficient (Wildman–Crippen LogP) is 12.6. The number of benzene rings is 8. The second kappa shape index (κ2) is 12.5. The number of furan rings is 1. The Morgan fingerprint density at radius 3 is 1.43 bits per heavy atom. The molecule has 0 aliphatic heterocycles. The summed E-state index contributed by atoms with van der Waals surface area (Å²) in [6, 6.07) is 61.9. The molecule has 0 aliphatic carbocycles. The quantitative estimate of drug-likeness (QED) is 0.164. The van der Waals surface area contributed by atoms with Crippen molar-refractivity contribution in [1.82, 2.24) is 15.0 Å². The van der Waals surface area contributed by atoms with Gasteiger partial charge in [0.05, 0.1) is 0 Å². The zero-order valence-corrected chi connectivity index (χ0v) is 30.6. The molecule has 0 fully saturated rings. The number of aromatic nitrogens is 3. The van der Waals surface area contributed by atoms with Gasteiger partial charge >= 0.3 is 318 Å². The molecule has 11 rings (SSSR count). The molecule has 0 aliphatic rings. The molecule has 54 heavy (non-hydrogen) atoms. The molecule has 0 unspecified atom stereocenters. The zero-order valence-electron chi connectivity index (χ0n) is 28.9. The van der Waals surface area contributed by atoms with Crippen molar-refractivity contribution in [3.63, 3.8) is 0 Å². The van der Waals surface area contributed by atoms with Crippen molar-refractivity contribution in [2.75, 3.05) is 0 Å². The Bertz CT molecular complexity index is 3160. The molecule has 0 radical (unpaired) electrons. The average Bonchev–Trinajstić information content (AvgIpc) is 3.83. The van der Waals surface area contributed by atoms with Crippen LogP contribution >= 0.6 is 0 Å². The van der Waals surface area contributed by atoms with Gasteiger partial charge in [0.2, 0.25) is 0 Å². The molecule has 11 aromatic rings. The Kier molecular flexibility index (Phi) is 7.16. The third kappa shape index (κ3) is 4.94. The van der Waals surface area contributed by atoms with Crippen molar-refractivity contribution in [3.05, 3.63) is 176 Å². The SMILES string of the molecule is c1ccc(-c2nc(-c3ccccc3)nc(-c3cccc4c3[se]c3c(-c5cccc6c(-c7cccc8oc9ccccc9c78)cccc56)cccc34)n2)cc1. The first-order valence-corrected chi connectivity index (χ1v) is 19.7. The van der Waals surface area contributed by atoms with E-state index in [0.29, 0.717) is 17.5 Å². The molecule has 3 heterocycles. The summed E-state index contributed by atoms with van der Waals surface area (Å²) in [7, 11) is 0. The molecular formula is C49H29N3OSe. The molecule has 8 aromatic carbocycles. The summed E-state index contributed by atoms with van der Waals surface area (Å²) < 4.78 is 8.98. The maximum atomic E-state index is 6.29. The monoisotopic (exact) mass is 755 g/mol. The van der Waals surface area contributed by atoms with E-state index in [2.05, 4.69) is 127 Å². The normalized spacial score (nSPS) is 11.7. The predicted molar refractivity (Wildman–Crippen MR) is 224 cm³/mol. The van der Waals surface area contributed by atoms with Crippen LogP contribution in [0.3, 0.4) is 0 Å². The Morgan fingerprint density at radius 2 is 0.759 bits per heavy atom. The van der Waals surface area contributed by atoms with Crippen LogP contribution in [0, 0.1) is 0 Å². The topological polar surface area (TPSA) is 51.8 Å². The fraction of sp³-hybridized carbons (Fsp3) is 0. The van der Waals surface area contributed by atoms with Crippen molar-refractivity contribution in [2.24, 2.45) is 0 Å². The number of rotatable bonds is 5. The van der Waals surface area contributed by atoms with Crippen LogP contribution in [-0.4, -0.2) is 29.5 Å². The molecule has 0 amide bonds. The second-order valence-corrected chi connectivity index (χ2v) is 15.6. The number of para-hydroxylation sites is 1. The Hall–Kier alpha value is -6.65. The fourth-order valence-electron chi connectivity index (χ4n) is 7.92. The van der Waals surface area contributed by atoms with Crippen LogP contribution in [0.15, 0.2) is 180 Å². The van der Waals surface area contributed by atoms with Gasteiger partial charge in [0.25, 0.3) is 0 Å². The van der Waals surface area contributed by atoms with Crippen molar-refractivity contribution < 1.29 is 4.42 Å².